The molecule has 100 valence electrons. The SMILES string of the molecule is COc1ccc(Cl)cc1NCc1cc(C(=O)O)no1. The molecule has 0 aliphatic heterocycles. The Morgan fingerprint density at radius 1 is 1.53 bits per heavy atom. The van der Waals surface area contributed by atoms with Crippen molar-refractivity contribution in [3.8, 4) is 5.75 Å². The van der Waals surface area contributed by atoms with Gasteiger partial charge in [-0.2, -0.15) is 0 Å². The quantitative estimate of drug-likeness (QED) is 0.877. The Labute approximate surface area is 113 Å². The number of nitrogens with one attached hydrogen (secondary N) is 1. The summed E-state index contributed by atoms with van der Waals surface area (Å²) in [5, 5.41) is 15.7. The predicted octanol–water partition coefficient (Wildman–Crippen LogP) is 2.65. The summed E-state index contributed by atoms with van der Waals surface area (Å²) in [6.45, 7) is 0.275. The van der Waals surface area contributed by atoms with Gasteiger partial charge in [0.1, 0.15) is 5.75 Å². The van der Waals surface area contributed by atoms with E-state index in [1.165, 1.54) is 6.07 Å². The highest BCUT2D eigenvalue weighted by Gasteiger charge is 2.11. The van der Waals surface area contributed by atoms with E-state index in [-0.39, 0.29) is 12.2 Å². The fraction of sp³-hybridized carbons (Fsp3) is 0.167. The number of anilines is 1. The molecule has 0 radical (unpaired) electrons. The lowest BCUT2D eigenvalue weighted by Gasteiger charge is -2.09. The number of hydrogen-bond acceptors (Lipinski definition) is 5. The smallest absolute Gasteiger partial charge is 0.358 e. The maximum atomic E-state index is 10.7. The molecule has 2 aromatic rings. The van der Waals surface area contributed by atoms with Gasteiger partial charge in [0.05, 0.1) is 19.3 Å². The van der Waals surface area contributed by atoms with Crippen LogP contribution in [0.25, 0.3) is 0 Å². The molecule has 0 amide bonds. The average Bonchev–Trinajstić information content (AvgIpc) is 2.85. The van der Waals surface area contributed by atoms with Crippen LogP contribution in [0.5, 0.6) is 5.75 Å². The Morgan fingerprint density at radius 2 is 2.32 bits per heavy atom. The van der Waals surface area contributed by atoms with Crippen molar-refractivity contribution in [3.63, 3.8) is 0 Å². The number of hydrogen-bond donors (Lipinski definition) is 2. The number of halogens is 1. The standard InChI is InChI=1S/C12H11ClN2O4/c1-18-11-3-2-7(13)4-9(11)14-6-8-5-10(12(16)17)15-19-8/h2-5,14H,6H2,1H3,(H,16,17). The Balaban J connectivity index is 2.09. The van der Waals surface area contributed by atoms with Gasteiger partial charge >= 0.3 is 5.97 Å². The molecule has 0 saturated heterocycles. The van der Waals surface area contributed by atoms with Gasteiger partial charge in [-0.25, -0.2) is 4.79 Å². The number of carbonyl (C=O) groups is 1. The van der Waals surface area contributed by atoms with Gasteiger partial charge in [0.25, 0.3) is 0 Å². The van der Waals surface area contributed by atoms with Gasteiger partial charge in [0.15, 0.2) is 11.5 Å². The Morgan fingerprint density at radius 3 is 2.95 bits per heavy atom. The van der Waals surface area contributed by atoms with E-state index in [2.05, 4.69) is 10.5 Å². The molecule has 1 heterocycles. The van der Waals surface area contributed by atoms with Gasteiger partial charge in [0, 0.05) is 11.1 Å². The molecule has 1 aromatic carbocycles. The van der Waals surface area contributed by atoms with Crippen LogP contribution in [0.1, 0.15) is 16.2 Å². The van der Waals surface area contributed by atoms with Crippen molar-refractivity contribution in [2.75, 3.05) is 12.4 Å². The molecule has 0 unspecified atom stereocenters. The van der Waals surface area contributed by atoms with Crippen LogP contribution < -0.4 is 10.1 Å². The highest BCUT2D eigenvalue weighted by atomic mass is 35.5. The van der Waals surface area contributed by atoms with Gasteiger partial charge < -0.3 is 19.7 Å². The molecule has 2 rings (SSSR count). The number of carboxylic acid groups (broad SMARTS) is 1. The first-order chi connectivity index (χ1) is 9.10. The maximum Gasteiger partial charge on any atom is 0.358 e. The van der Waals surface area contributed by atoms with E-state index in [0.717, 1.165) is 0 Å². The molecule has 0 aliphatic rings. The van der Waals surface area contributed by atoms with Crippen molar-refractivity contribution < 1.29 is 19.2 Å². The Kier molecular flexibility index (Phi) is 3.91. The zero-order valence-corrected chi connectivity index (χ0v) is 10.8. The third-order valence-electron chi connectivity index (χ3n) is 2.39. The van der Waals surface area contributed by atoms with E-state index in [4.69, 9.17) is 26.0 Å². The monoisotopic (exact) mass is 282 g/mol. The van der Waals surface area contributed by atoms with E-state index in [1.807, 2.05) is 0 Å². The molecular weight excluding hydrogens is 272 g/mol. The number of benzene rings is 1. The van der Waals surface area contributed by atoms with Crippen LogP contribution >= 0.6 is 11.6 Å². The molecule has 0 fully saturated rings. The highest BCUT2D eigenvalue weighted by molar-refractivity contribution is 6.30. The lowest BCUT2D eigenvalue weighted by atomic mass is 10.3. The predicted molar refractivity (Wildman–Crippen MR) is 68.8 cm³/mol. The average molecular weight is 283 g/mol. The van der Waals surface area contributed by atoms with Gasteiger partial charge in [0.2, 0.25) is 0 Å². The van der Waals surface area contributed by atoms with Crippen molar-refractivity contribution in [2.24, 2.45) is 0 Å². The molecule has 19 heavy (non-hydrogen) atoms. The van der Waals surface area contributed by atoms with Crippen molar-refractivity contribution >= 4 is 23.3 Å². The summed E-state index contributed by atoms with van der Waals surface area (Å²) in [7, 11) is 1.55. The van der Waals surface area contributed by atoms with Gasteiger partial charge in [-0.3, -0.25) is 0 Å². The van der Waals surface area contributed by atoms with Crippen molar-refractivity contribution in [3.05, 3.63) is 40.7 Å². The van der Waals surface area contributed by atoms with E-state index < -0.39 is 5.97 Å². The summed E-state index contributed by atoms with van der Waals surface area (Å²) in [5.41, 5.74) is 0.554. The van der Waals surface area contributed by atoms with E-state index in [1.54, 1.807) is 25.3 Å². The zero-order chi connectivity index (χ0) is 13.8. The van der Waals surface area contributed by atoms with Crippen LogP contribution in [0.15, 0.2) is 28.8 Å². The fourth-order valence-electron chi connectivity index (χ4n) is 1.50. The first-order valence-electron chi connectivity index (χ1n) is 5.36. The molecule has 1 aromatic heterocycles. The summed E-state index contributed by atoms with van der Waals surface area (Å²) < 4.78 is 10.1. The Hall–Kier alpha value is -2.21. The third-order valence-corrected chi connectivity index (χ3v) is 2.63. The lowest BCUT2D eigenvalue weighted by Crippen LogP contribution is -2.00. The molecule has 0 bridgehead atoms. The molecule has 0 aliphatic carbocycles. The molecule has 6 nitrogen and oxygen atoms in total. The molecule has 0 saturated carbocycles. The minimum Gasteiger partial charge on any atom is -0.495 e. The van der Waals surface area contributed by atoms with Crippen LogP contribution in [0, 0.1) is 0 Å². The van der Waals surface area contributed by atoms with Crippen LogP contribution in [0.3, 0.4) is 0 Å². The summed E-state index contributed by atoms with van der Waals surface area (Å²) in [6.07, 6.45) is 0. The fourth-order valence-corrected chi connectivity index (χ4v) is 1.67. The van der Waals surface area contributed by atoms with Gasteiger partial charge in [-0.05, 0) is 18.2 Å². The third kappa shape index (κ3) is 3.17. The van der Waals surface area contributed by atoms with Gasteiger partial charge in [-0.15, -0.1) is 0 Å². The second-order valence-electron chi connectivity index (χ2n) is 3.68. The molecule has 0 atom stereocenters. The summed E-state index contributed by atoms with van der Waals surface area (Å²) in [4.78, 5) is 10.7. The Bertz CT molecular complexity index is 597. The number of aromatic carboxylic acids is 1. The van der Waals surface area contributed by atoms with Crippen LogP contribution in [0.4, 0.5) is 5.69 Å². The van der Waals surface area contributed by atoms with Crippen LogP contribution in [0.2, 0.25) is 5.02 Å². The minimum atomic E-state index is -1.13. The molecule has 7 heteroatoms. The second kappa shape index (κ2) is 5.62. The summed E-state index contributed by atoms with van der Waals surface area (Å²) in [5.74, 6) is -0.0999. The minimum absolute atomic E-state index is 0.130. The van der Waals surface area contributed by atoms with Crippen molar-refractivity contribution in [2.45, 2.75) is 6.54 Å². The molecule has 2 N–H and O–H groups in total. The van der Waals surface area contributed by atoms with Crippen LogP contribution in [-0.2, 0) is 6.54 Å². The first kappa shape index (κ1) is 13.2. The van der Waals surface area contributed by atoms with E-state index in [0.29, 0.717) is 22.2 Å². The zero-order valence-electron chi connectivity index (χ0n) is 10.0. The lowest BCUT2D eigenvalue weighted by molar-refractivity contribution is 0.0685. The number of methoxy groups -OCH3 is 1. The topological polar surface area (TPSA) is 84.6 Å². The van der Waals surface area contributed by atoms with E-state index in [9.17, 15) is 4.79 Å². The molecular formula is C12H11ClN2O4. The summed E-state index contributed by atoms with van der Waals surface area (Å²) >= 11 is 5.89. The van der Waals surface area contributed by atoms with Gasteiger partial charge in [-0.1, -0.05) is 16.8 Å². The number of ether oxygens (including phenoxy) is 1. The number of aromatic nitrogens is 1. The summed E-state index contributed by atoms with van der Waals surface area (Å²) in [6, 6.07) is 6.50. The van der Waals surface area contributed by atoms with E-state index >= 15 is 0 Å². The second-order valence-corrected chi connectivity index (χ2v) is 4.12. The molecule has 0 spiro atoms. The largest absolute Gasteiger partial charge is 0.495 e. The highest BCUT2D eigenvalue weighted by Crippen LogP contribution is 2.28. The normalized spacial score (nSPS) is 10.2. The van der Waals surface area contributed by atoms with Crippen LogP contribution in [-0.4, -0.2) is 23.3 Å². The number of rotatable bonds is 5. The van der Waals surface area contributed by atoms with Crippen molar-refractivity contribution in [1.29, 1.82) is 0 Å². The maximum absolute atomic E-state index is 10.7. The first-order valence-corrected chi connectivity index (χ1v) is 5.74. The number of carboxylic acids is 1. The van der Waals surface area contributed by atoms with Crippen molar-refractivity contribution in [1.82, 2.24) is 5.16 Å². The number of nitrogens with zero attached hydrogens (tertiary/aromatic N) is 1.